The van der Waals surface area contributed by atoms with E-state index in [1.165, 1.54) is 0 Å². The first-order valence-electron chi connectivity index (χ1n) is 6.69. The molecule has 118 valence electrons. The molecule has 1 aromatic carbocycles. The summed E-state index contributed by atoms with van der Waals surface area (Å²) in [4.78, 5) is 4.12. The quantitative estimate of drug-likeness (QED) is 0.556. The van der Waals surface area contributed by atoms with Gasteiger partial charge >= 0.3 is 0 Å². The van der Waals surface area contributed by atoms with Gasteiger partial charge in [-0.15, -0.1) is 6.58 Å². The molecule has 0 aliphatic carbocycles. The Bertz CT molecular complexity index is 567. The van der Waals surface area contributed by atoms with E-state index in [1.807, 2.05) is 30.3 Å². The summed E-state index contributed by atoms with van der Waals surface area (Å²) >= 11 is 17.5. The van der Waals surface area contributed by atoms with Crippen LogP contribution < -0.4 is 0 Å². The second-order valence-corrected chi connectivity index (χ2v) is 7.09. The Balaban J connectivity index is 2.12. The van der Waals surface area contributed by atoms with Crippen molar-refractivity contribution in [3.8, 4) is 0 Å². The third-order valence-corrected chi connectivity index (χ3v) is 3.57. The molecule has 0 bridgehead atoms. The van der Waals surface area contributed by atoms with Gasteiger partial charge in [-0.25, -0.2) is 4.99 Å². The fraction of sp³-hybridized carbons (Fsp3) is 0.312. The molecule has 22 heavy (non-hydrogen) atoms. The largest absolute Gasteiger partial charge is 0.471 e. The molecule has 0 spiro atoms. The van der Waals surface area contributed by atoms with Crippen molar-refractivity contribution in [2.24, 2.45) is 4.99 Å². The van der Waals surface area contributed by atoms with E-state index in [0.29, 0.717) is 18.7 Å². The molecule has 0 amide bonds. The van der Waals surface area contributed by atoms with E-state index in [-0.39, 0.29) is 12.0 Å². The van der Waals surface area contributed by atoms with Gasteiger partial charge < -0.3 is 9.47 Å². The maximum atomic E-state index is 5.90. The van der Waals surface area contributed by atoms with Crippen LogP contribution in [0.2, 0.25) is 0 Å². The van der Waals surface area contributed by atoms with E-state index in [9.17, 15) is 0 Å². The van der Waals surface area contributed by atoms with E-state index >= 15 is 0 Å². The van der Waals surface area contributed by atoms with Crippen LogP contribution in [0.4, 0.5) is 0 Å². The Morgan fingerprint density at radius 3 is 2.55 bits per heavy atom. The molecule has 1 aliphatic rings. The molecule has 1 aliphatic heterocycles. The summed E-state index contributed by atoms with van der Waals surface area (Å²) in [5, 5.41) is 0. The van der Waals surface area contributed by atoms with Gasteiger partial charge in [0.2, 0.25) is 5.90 Å². The Morgan fingerprint density at radius 1 is 1.27 bits per heavy atom. The molecule has 0 unspecified atom stereocenters. The molecular formula is C16H16Cl3NO2. The van der Waals surface area contributed by atoms with Crippen molar-refractivity contribution in [2.75, 3.05) is 0 Å². The lowest BCUT2D eigenvalue weighted by molar-refractivity contribution is -0.0253. The SMILES string of the molecule is C=CC[C@H]1OC(C(Cl)(Cl)Cl)=NC(=C)[C@H]1OCc1ccccc1. The maximum absolute atomic E-state index is 5.90. The summed E-state index contributed by atoms with van der Waals surface area (Å²) in [6, 6.07) is 9.80. The number of benzene rings is 1. The highest BCUT2D eigenvalue weighted by atomic mass is 35.6. The number of ether oxygens (including phenoxy) is 2. The van der Waals surface area contributed by atoms with Crippen molar-refractivity contribution in [2.45, 2.75) is 29.0 Å². The van der Waals surface area contributed by atoms with Crippen LogP contribution in [0.15, 0.2) is 60.3 Å². The highest BCUT2D eigenvalue weighted by Crippen LogP contribution is 2.34. The van der Waals surface area contributed by atoms with Gasteiger partial charge in [0, 0.05) is 6.42 Å². The minimum Gasteiger partial charge on any atom is -0.471 e. The van der Waals surface area contributed by atoms with Crippen molar-refractivity contribution in [1.29, 1.82) is 0 Å². The Kier molecular flexibility index (Phi) is 5.93. The lowest BCUT2D eigenvalue weighted by Crippen LogP contribution is -2.41. The molecule has 0 radical (unpaired) electrons. The van der Waals surface area contributed by atoms with Crippen LogP contribution in [0.25, 0.3) is 0 Å². The minimum atomic E-state index is -1.73. The lowest BCUT2D eigenvalue weighted by atomic mass is 10.1. The van der Waals surface area contributed by atoms with Gasteiger partial charge in [0.1, 0.15) is 12.2 Å². The fourth-order valence-corrected chi connectivity index (χ4v) is 2.33. The van der Waals surface area contributed by atoms with Gasteiger partial charge in [0.15, 0.2) is 0 Å². The smallest absolute Gasteiger partial charge is 0.266 e. The van der Waals surface area contributed by atoms with Gasteiger partial charge in [-0.2, -0.15) is 0 Å². The highest BCUT2D eigenvalue weighted by Gasteiger charge is 2.39. The topological polar surface area (TPSA) is 30.8 Å². The Labute approximate surface area is 145 Å². The molecule has 0 N–H and O–H groups in total. The number of hydrogen-bond acceptors (Lipinski definition) is 3. The van der Waals surface area contributed by atoms with E-state index < -0.39 is 9.90 Å². The molecule has 1 heterocycles. The Morgan fingerprint density at radius 2 is 1.95 bits per heavy atom. The number of rotatable bonds is 5. The molecule has 0 saturated heterocycles. The molecule has 6 heteroatoms. The van der Waals surface area contributed by atoms with Crippen LogP contribution in [-0.2, 0) is 16.1 Å². The van der Waals surface area contributed by atoms with E-state index in [1.54, 1.807) is 6.08 Å². The van der Waals surface area contributed by atoms with Crippen LogP contribution in [0.5, 0.6) is 0 Å². The van der Waals surface area contributed by atoms with E-state index in [0.717, 1.165) is 5.56 Å². The maximum Gasteiger partial charge on any atom is 0.266 e. The number of hydrogen-bond donors (Lipinski definition) is 0. The number of aliphatic imine (C=N–C) groups is 1. The molecule has 0 saturated carbocycles. The standard InChI is InChI=1S/C16H16Cl3NO2/c1-3-7-13-14(21-10-12-8-5-4-6-9-12)11(2)20-15(22-13)16(17,18)19/h3-6,8-9,13-14H,1-2,7,10H2/t13-,14-/m1/s1. The number of alkyl halides is 3. The van der Waals surface area contributed by atoms with Crippen LogP contribution in [0.3, 0.4) is 0 Å². The van der Waals surface area contributed by atoms with Crippen LogP contribution in [0.1, 0.15) is 12.0 Å². The summed E-state index contributed by atoms with van der Waals surface area (Å²) in [7, 11) is 0. The first-order chi connectivity index (χ1) is 10.4. The zero-order valence-electron chi connectivity index (χ0n) is 11.8. The lowest BCUT2D eigenvalue weighted by Gasteiger charge is -2.33. The summed E-state index contributed by atoms with van der Waals surface area (Å²) in [5.74, 6) is 0.00825. The monoisotopic (exact) mass is 359 g/mol. The number of halogens is 3. The van der Waals surface area contributed by atoms with Gasteiger partial charge in [-0.3, -0.25) is 0 Å². The van der Waals surface area contributed by atoms with Crippen molar-refractivity contribution < 1.29 is 9.47 Å². The van der Waals surface area contributed by atoms with Crippen molar-refractivity contribution in [3.05, 3.63) is 60.8 Å². The number of nitrogens with zero attached hydrogens (tertiary/aromatic N) is 1. The van der Waals surface area contributed by atoms with Crippen molar-refractivity contribution in [3.63, 3.8) is 0 Å². The molecule has 2 atom stereocenters. The minimum absolute atomic E-state index is 0.00825. The summed E-state index contributed by atoms with van der Waals surface area (Å²) in [6.07, 6.45) is 1.45. The third kappa shape index (κ3) is 4.50. The molecular weight excluding hydrogens is 345 g/mol. The summed E-state index contributed by atoms with van der Waals surface area (Å²) in [6.45, 7) is 8.03. The average molecular weight is 361 g/mol. The molecule has 3 nitrogen and oxygen atoms in total. The predicted octanol–water partition coefficient (Wildman–Crippen LogP) is 4.83. The average Bonchev–Trinajstić information content (AvgIpc) is 2.46. The van der Waals surface area contributed by atoms with Gasteiger partial charge in [0.25, 0.3) is 3.79 Å². The van der Waals surface area contributed by atoms with Gasteiger partial charge in [0.05, 0.1) is 12.3 Å². The van der Waals surface area contributed by atoms with Gasteiger partial charge in [-0.1, -0.05) is 77.8 Å². The van der Waals surface area contributed by atoms with Crippen LogP contribution in [0, 0.1) is 0 Å². The second-order valence-electron chi connectivity index (χ2n) is 4.80. The zero-order chi connectivity index (χ0) is 16.2. The van der Waals surface area contributed by atoms with Crippen LogP contribution in [-0.4, -0.2) is 21.9 Å². The third-order valence-electron chi connectivity index (χ3n) is 3.09. The molecule has 2 rings (SSSR count). The van der Waals surface area contributed by atoms with Crippen molar-refractivity contribution >= 4 is 40.7 Å². The van der Waals surface area contributed by atoms with Crippen molar-refractivity contribution in [1.82, 2.24) is 0 Å². The highest BCUT2D eigenvalue weighted by molar-refractivity contribution is 6.76. The first kappa shape index (κ1) is 17.4. The zero-order valence-corrected chi connectivity index (χ0v) is 14.1. The predicted molar refractivity (Wildman–Crippen MR) is 91.6 cm³/mol. The Hall–Kier alpha value is -1.00. The normalized spacial score (nSPS) is 22.0. The second kappa shape index (κ2) is 7.51. The van der Waals surface area contributed by atoms with E-state index in [2.05, 4.69) is 18.2 Å². The molecule has 0 fully saturated rings. The summed E-state index contributed by atoms with van der Waals surface area (Å²) < 4.78 is 9.83. The molecule has 0 aromatic heterocycles. The summed E-state index contributed by atoms with van der Waals surface area (Å²) in [5.41, 5.74) is 1.51. The van der Waals surface area contributed by atoms with Gasteiger partial charge in [-0.05, 0) is 5.56 Å². The molecule has 1 aromatic rings. The first-order valence-corrected chi connectivity index (χ1v) is 7.83. The van der Waals surface area contributed by atoms with Crippen LogP contribution >= 0.6 is 34.8 Å². The van der Waals surface area contributed by atoms with E-state index in [4.69, 9.17) is 44.3 Å². The fourth-order valence-electron chi connectivity index (χ4n) is 2.07.